The highest BCUT2D eigenvalue weighted by Crippen LogP contribution is 2.33. The summed E-state index contributed by atoms with van der Waals surface area (Å²) in [4.78, 5) is 6.50. The van der Waals surface area contributed by atoms with Crippen molar-refractivity contribution in [2.45, 2.75) is 25.6 Å². The highest BCUT2D eigenvalue weighted by Gasteiger charge is 2.40. The van der Waals surface area contributed by atoms with E-state index < -0.39 is 5.79 Å². The minimum absolute atomic E-state index is 0.391. The maximum absolute atomic E-state index is 5.80. The summed E-state index contributed by atoms with van der Waals surface area (Å²) in [5.74, 6) is 1.84. The molecule has 4 heterocycles. The van der Waals surface area contributed by atoms with Gasteiger partial charge in [0.25, 0.3) is 0 Å². The number of piperidine rings is 1. The number of nitrogens with zero attached hydrogens (tertiary/aromatic N) is 5. The van der Waals surface area contributed by atoms with Crippen molar-refractivity contribution in [3.8, 4) is 11.6 Å². The molecule has 2 aliphatic heterocycles. The van der Waals surface area contributed by atoms with E-state index in [4.69, 9.17) is 14.2 Å². The summed E-state index contributed by atoms with van der Waals surface area (Å²) in [5.41, 5.74) is 0.918. The van der Waals surface area contributed by atoms with Gasteiger partial charge in [0.05, 0.1) is 32.2 Å². The van der Waals surface area contributed by atoms with Crippen LogP contribution in [0.4, 0.5) is 5.95 Å². The Balaban J connectivity index is 1.58. The average Bonchev–Trinajstić information content (AvgIpc) is 3.23. The van der Waals surface area contributed by atoms with Gasteiger partial charge in [0.1, 0.15) is 5.82 Å². The Bertz CT molecular complexity index is 699. The standard InChI is InChI=1S/C16H21N5O3/c1-12-18-19-15(21(12)13-3-4-14(22-2)17-11-13)20-7-5-16(6-8-20)23-9-10-24-16/h3-4,11H,5-10H2,1-2H3. The molecule has 0 N–H and O–H groups in total. The predicted molar refractivity (Wildman–Crippen MR) is 86.5 cm³/mol. The summed E-state index contributed by atoms with van der Waals surface area (Å²) in [6.07, 6.45) is 3.44. The highest BCUT2D eigenvalue weighted by atomic mass is 16.7. The van der Waals surface area contributed by atoms with E-state index in [1.807, 2.05) is 23.6 Å². The van der Waals surface area contributed by atoms with Crippen molar-refractivity contribution in [3.63, 3.8) is 0 Å². The third kappa shape index (κ3) is 2.61. The van der Waals surface area contributed by atoms with Crippen molar-refractivity contribution < 1.29 is 14.2 Å². The summed E-state index contributed by atoms with van der Waals surface area (Å²) >= 11 is 0. The summed E-state index contributed by atoms with van der Waals surface area (Å²) in [7, 11) is 1.61. The second-order valence-electron chi connectivity index (χ2n) is 6.04. The first-order valence-electron chi connectivity index (χ1n) is 8.16. The molecule has 2 saturated heterocycles. The second-order valence-corrected chi connectivity index (χ2v) is 6.04. The molecule has 128 valence electrons. The van der Waals surface area contributed by atoms with Crippen LogP contribution in [-0.4, -0.2) is 58.9 Å². The topological polar surface area (TPSA) is 74.5 Å². The number of aryl methyl sites for hydroxylation is 1. The molecular weight excluding hydrogens is 310 g/mol. The summed E-state index contributed by atoms with van der Waals surface area (Å²) in [6, 6.07) is 3.80. The minimum atomic E-state index is -0.391. The van der Waals surface area contributed by atoms with Crippen molar-refractivity contribution in [2.75, 3.05) is 38.3 Å². The minimum Gasteiger partial charge on any atom is -0.481 e. The lowest BCUT2D eigenvalue weighted by Gasteiger charge is -2.37. The van der Waals surface area contributed by atoms with Gasteiger partial charge in [-0.2, -0.15) is 0 Å². The van der Waals surface area contributed by atoms with E-state index in [9.17, 15) is 0 Å². The Labute approximate surface area is 140 Å². The molecule has 0 unspecified atom stereocenters. The zero-order valence-electron chi connectivity index (χ0n) is 13.9. The van der Waals surface area contributed by atoms with Gasteiger partial charge in [-0.1, -0.05) is 0 Å². The lowest BCUT2D eigenvalue weighted by Crippen LogP contribution is -2.46. The molecule has 0 amide bonds. The lowest BCUT2D eigenvalue weighted by atomic mass is 10.0. The maximum atomic E-state index is 5.80. The summed E-state index contributed by atoms with van der Waals surface area (Å²) in [5, 5.41) is 8.62. The van der Waals surface area contributed by atoms with Crippen molar-refractivity contribution in [3.05, 3.63) is 24.2 Å². The van der Waals surface area contributed by atoms with Crippen molar-refractivity contribution in [2.24, 2.45) is 0 Å². The molecule has 1 spiro atoms. The van der Waals surface area contributed by atoms with Crippen molar-refractivity contribution >= 4 is 5.95 Å². The molecular formula is C16H21N5O3. The van der Waals surface area contributed by atoms with Crippen LogP contribution in [0.1, 0.15) is 18.7 Å². The van der Waals surface area contributed by atoms with Gasteiger partial charge >= 0.3 is 0 Å². The molecule has 4 rings (SSSR count). The molecule has 2 aliphatic rings. The van der Waals surface area contributed by atoms with E-state index in [0.29, 0.717) is 19.1 Å². The highest BCUT2D eigenvalue weighted by molar-refractivity contribution is 5.44. The van der Waals surface area contributed by atoms with Crippen LogP contribution in [0.5, 0.6) is 5.88 Å². The molecule has 0 aromatic carbocycles. The maximum Gasteiger partial charge on any atom is 0.231 e. The van der Waals surface area contributed by atoms with Gasteiger partial charge in [0.15, 0.2) is 5.79 Å². The molecule has 0 atom stereocenters. The molecule has 8 nitrogen and oxygen atoms in total. The van der Waals surface area contributed by atoms with Crippen LogP contribution in [0.25, 0.3) is 5.69 Å². The Morgan fingerprint density at radius 3 is 2.50 bits per heavy atom. The largest absolute Gasteiger partial charge is 0.481 e. The van der Waals surface area contributed by atoms with E-state index in [2.05, 4.69) is 20.1 Å². The van der Waals surface area contributed by atoms with E-state index >= 15 is 0 Å². The van der Waals surface area contributed by atoms with Crippen molar-refractivity contribution in [1.29, 1.82) is 0 Å². The molecule has 0 bridgehead atoms. The second kappa shape index (κ2) is 6.03. The Kier molecular flexibility index (Phi) is 3.85. The quantitative estimate of drug-likeness (QED) is 0.840. The summed E-state index contributed by atoms with van der Waals surface area (Å²) in [6.45, 7) is 4.96. The Morgan fingerprint density at radius 1 is 1.12 bits per heavy atom. The molecule has 2 aromatic rings. The van der Waals surface area contributed by atoms with Gasteiger partial charge in [-0.25, -0.2) is 4.98 Å². The number of ether oxygens (including phenoxy) is 3. The van der Waals surface area contributed by atoms with E-state index in [1.54, 1.807) is 13.3 Å². The molecule has 2 aromatic heterocycles. The smallest absolute Gasteiger partial charge is 0.231 e. The van der Waals surface area contributed by atoms with E-state index in [-0.39, 0.29) is 0 Å². The lowest BCUT2D eigenvalue weighted by molar-refractivity contribution is -0.169. The van der Waals surface area contributed by atoms with Crippen LogP contribution in [-0.2, 0) is 9.47 Å². The normalized spacial score (nSPS) is 19.8. The Morgan fingerprint density at radius 2 is 1.88 bits per heavy atom. The average molecular weight is 331 g/mol. The number of pyridine rings is 1. The third-order valence-electron chi connectivity index (χ3n) is 4.62. The molecule has 2 fully saturated rings. The number of anilines is 1. The van der Waals surface area contributed by atoms with Crippen LogP contribution in [0.15, 0.2) is 18.3 Å². The first-order chi connectivity index (χ1) is 11.7. The fourth-order valence-corrected chi connectivity index (χ4v) is 3.32. The monoisotopic (exact) mass is 331 g/mol. The van der Waals surface area contributed by atoms with E-state index in [1.165, 1.54) is 0 Å². The zero-order chi connectivity index (χ0) is 16.6. The molecule has 8 heteroatoms. The van der Waals surface area contributed by atoms with Crippen LogP contribution in [0.2, 0.25) is 0 Å². The van der Waals surface area contributed by atoms with Crippen LogP contribution in [0.3, 0.4) is 0 Å². The third-order valence-corrected chi connectivity index (χ3v) is 4.62. The zero-order valence-corrected chi connectivity index (χ0v) is 13.9. The number of hydrogen-bond donors (Lipinski definition) is 0. The number of methoxy groups -OCH3 is 1. The van der Waals surface area contributed by atoms with Crippen LogP contribution < -0.4 is 9.64 Å². The number of hydrogen-bond acceptors (Lipinski definition) is 7. The van der Waals surface area contributed by atoms with Gasteiger partial charge in [-0.15, -0.1) is 10.2 Å². The van der Waals surface area contributed by atoms with Gasteiger partial charge in [-0.3, -0.25) is 4.57 Å². The number of aromatic nitrogens is 4. The van der Waals surface area contributed by atoms with Crippen LogP contribution >= 0.6 is 0 Å². The molecule has 0 saturated carbocycles. The van der Waals surface area contributed by atoms with Gasteiger partial charge in [0, 0.05) is 32.0 Å². The molecule has 0 radical (unpaired) electrons. The van der Waals surface area contributed by atoms with Crippen LogP contribution in [0, 0.1) is 6.92 Å². The van der Waals surface area contributed by atoms with Gasteiger partial charge in [-0.05, 0) is 13.0 Å². The number of rotatable bonds is 3. The first kappa shape index (κ1) is 15.3. The Hall–Kier alpha value is -2.19. The predicted octanol–water partition coefficient (Wildman–Crippen LogP) is 1.32. The SMILES string of the molecule is COc1ccc(-n2c(C)nnc2N2CCC3(CC2)OCCO3)cn1. The first-order valence-corrected chi connectivity index (χ1v) is 8.16. The van der Waals surface area contributed by atoms with Gasteiger partial charge < -0.3 is 19.1 Å². The summed E-state index contributed by atoms with van der Waals surface area (Å²) < 4.78 is 18.7. The fourth-order valence-electron chi connectivity index (χ4n) is 3.32. The molecule has 24 heavy (non-hydrogen) atoms. The van der Waals surface area contributed by atoms with Gasteiger partial charge in [0.2, 0.25) is 11.8 Å². The fraction of sp³-hybridized carbons (Fsp3) is 0.562. The molecule has 0 aliphatic carbocycles. The van der Waals surface area contributed by atoms with E-state index in [0.717, 1.165) is 43.4 Å². The van der Waals surface area contributed by atoms with Crippen molar-refractivity contribution in [1.82, 2.24) is 19.7 Å².